The van der Waals surface area contributed by atoms with E-state index in [9.17, 15) is 9.59 Å². The molecule has 4 nitrogen and oxygen atoms in total. The van der Waals surface area contributed by atoms with E-state index in [2.05, 4.69) is 0 Å². The molecule has 0 unspecified atom stereocenters. The van der Waals surface area contributed by atoms with Crippen molar-refractivity contribution in [2.75, 3.05) is 0 Å². The number of benzene rings is 2. The molecular formula is C15H10Cl2O4. The van der Waals surface area contributed by atoms with Gasteiger partial charge in [0.25, 0.3) is 0 Å². The van der Waals surface area contributed by atoms with Crippen molar-refractivity contribution in [3.63, 3.8) is 0 Å². The molecule has 2 N–H and O–H groups in total. The van der Waals surface area contributed by atoms with E-state index < -0.39 is 17.9 Å². The Balaban J connectivity index is 2.54. The molecule has 0 aliphatic rings. The third-order valence-electron chi connectivity index (χ3n) is 2.98. The van der Waals surface area contributed by atoms with Crippen LogP contribution in [0.3, 0.4) is 0 Å². The number of halogens is 2. The van der Waals surface area contributed by atoms with E-state index in [0.29, 0.717) is 21.2 Å². The minimum atomic E-state index is -1.62. The molecule has 6 heteroatoms. The van der Waals surface area contributed by atoms with Crippen LogP contribution in [0.15, 0.2) is 42.5 Å². The molecule has 0 aliphatic heterocycles. The van der Waals surface area contributed by atoms with Crippen molar-refractivity contribution in [1.29, 1.82) is 0 Å². The first-order valence-corrected chi connectivity index (χ1v) is 6.67. The topological polar surface area (TPSA) is 74.6 Å². The van der Waals surface area contributed by atoms with Gasteiger partial charge >= 0.3 is 11.9 Å². The average molecular weight is 325 g/mol. The van der Waals surface area contributed by atoms with Crippen LogP contribution >= 0.6 is 23.2 Å². The first-order valence-electron chi connectivity index (χ1n) is 5.91. The van der Waals surface area contributed by atoms with Gasteiger partial charge in [-0.25, -0.2) is 0 Å². The first-order chi connectivity index (χ1) is 9.91. The lowest BCUT2D eigenvalue weighted by Gasteiger charge is -2.11. The summed E-state index contributed by atoms with van der Waals surface area (Å²) in [5.41, 5.74) is 1.39. The van der Waals surface area contributed by atoms with Gasteiger partial charge in [-0.3, -0.25) is 9.59 Å². The Morgan fingerprint density at radius 1 is 0.952 bits per heavy atom. The van der Waals surface area contributed by atoms with Crippen LogP contribution in [0.5, 0.6) is 0 Å². The van der Waals surface area contributed by atoms with Crippen molar-refractivity contribution in [3.05, 3.63) is 58.1 Å². The molecular weight excluding hydrogens is 315 g/mol. The highest BCUT2D eigenvalue weighted by Gasteiger charge is 2.28. The summed E-state index contributed by atoms with van der Waals surface area (Å²) in [5.74, 6) is -4.46. The molecule has 2 rings (SSSR count). The zero-order valence-electron chi connectivity index (χ0n) is 10.6. The second-order valence-corrected chi connectivity index (χ2v) is 5.12. The van der Waals surface area contributed by atoms with E-state index in [-0.39, 0.29) is 5.56 Å². The Labute approximate surface area is 130 Å². The second kappa shape index (κ2) is 6.16. The number of aliphatic carboxylic acids is 2. The zero-order chi connectivity index (χ0) is 15.6. The fourth-order valence-electron chi connectivity index (χ4n) is 2.00. The van der Waals surface area contributed by atoms with E-state index in [1.807, 2.05) is 0 Å². The monoisotopic (exact) mass is 324 g/mol. The lowest BCUT2D eigenvalue weighted by molar-refractivity contribution is -0.150. The molecule has 0 saturated heterocycles. The van der Waals surface area contributed by atoms with Crippen molar-refractivity contribution in [2.24, 2.45) is 0 Å². The Kier molecular flexibility index (Phi) is 4.50. The van der Waals surface area contributed by atoms with E-state index in [4.69, 9.17) is 33.4 Å². The highest BCUT2D eigenvalue weighted by molar-refractivity contribution is 6.43. The Hall–Kier alpha value is -2.04. The standard InChI is InChI=1S/C15H10Cl2O4/c16-11-6-2-5-10(13(11)17)8-3-1-4-9(7-8)12(14(18)19)15(20)21/h1-7,12H,(H,18,19)(H,20,21). The third-order valence-corrected chi connectivity index (χ3v) is 3.80. The quantitative estimate of drug-likeness (QED) is 0.836. The Bertz CT molecular complexity index is 699. The van der Waals surface area contributed by atoms with Gasteiger partial charge in [-0.05, 0) is 23.3 Å². The SMILES string of the molecule is O=C(O)C(C(=O)O)c1cccc(-c2cccc(Cl)c2Cl)c1. The smallest absolute Gasteiger partial charge is 0.322 e. The molecule has 0 radical (unpaired) electrons. The molecule has 0 heterocycles. The van der Waals surface area contributed by atoms with Crippen molar-refractivity contribution in [2.45, 2.75) is 5.92 Å². The molecule has 0 bridgehead atoms. The summed E-state index contributed by atoms with van der Waals surface area (Å²) in [4.78, 5) is 22.2. The van der Waals surface area contributed by atoms with Gasteiger partial charge in [0, 0.05) is 5.56 Å². The average Bonchev–Trinajstić information content (AvgIpc) is 2.41. The van der Waals surface area contributed by atoms with Crippen LogP contribution in [0, 0.1) is 0 Å². The maximum absolute atomic E-state index is 11.1. The Morgan fingerprint density at radius 3 is 2.19 bits per heavy atom. The van der Waals surface area contributed by atoms with Crippen molar-refractivity contribution >= 4 is 35.1 Å². The lowest BCUT2D eigenvalue weighted by Crippen LogP contribution is -2.20. The van der Waals surface area contributed by atoms with Crippen LogP contribution in [-0.4, -0.2) is 22.2 Å². The van der Waals surface area contributed by atoms with Gasteiger partial charge in [0.15, 0.2) is 5.92 Å². The van der Waals surface area contributed by atoms with Gasteiger partial charge in [0.2, 0.25) is 0 Å². The van der Waals surface area contributed by atoms with Gasteiger partial charge in [0.05, 0.1) is 10.0 Å². The summed E-state index contributed by atoms with van der Waals surface area (Å²) in [6.07, 6.45) is 0. The summed E-state index contributed by atoms with van der Waals surface area (Å²) in [6, 6.07) is 11.3. The summed E-state index contributed by atoms with van der Waals surface area (Å²) >= 11 is 12.1. The van der Waals surface area contributed by atoms with Crippen LogP contribution in [0.25, 0.3) is 11.1 Å². The minimum absolute atomic E-state index is 0.170. The highest BCUT2D eigenvalue weighted by Crippen LogP contribution is 2.34. The molecule has 2 aromatic carbocycles. The van der Waals surface area contributed by atoms with Gasteiger partial charge in [-0.1, -0.05) is 53.5 Å². The maximum Gasteiger partial charge on any atom is 0.322 e. The van der Waals surface area contributed by atoms with Crippen LogP contribution in [-0.2, 0) is 9.59 Å². The summed E-state index contributed by atoms with van der Waals surface area (Å²) in [5, 5.41) is 18.8. The number of hydrogen-bond acceptors (Lipinski definition) is 2. The van der Waals surface area contributed by atoms with Crippen molar-refractivity contribution in [3.8, 4) is 11.1 Å². The summed E-state index contributed by atoms with van der Waals surface area (Å²) in [6.45, 7) is 0. The fourth-order valence-corrected chi connectivity index (χ4v) is 2.41. The molecule has 0 aliphatic carbocycles. The molecule has 0 spiro atoms. The molecule has 108 valence electrons. The fraction of sp³-hybridized carbons (Fsp3) is 0.0667. The molecule has 2 aromatic rings. The number of carbonyl (C=O) groups is 2. The van der Waals surface area contributed by atoms with Crippen LogP contribution in [0.4, 0.5) is 0 Å². The molecule has 0 atom stereocenters. The predicted molar refractivity (Wildman–Crippen MR) is 79.9 cm³/mol. The number of carboxylic acids is 2. The largest absolute Gasteiger partial charge is 0.480 e. The van der Waals surface area contributed by atoms with E-state index in [0.717, 1.165) is 0 Å². The highest BCUT2D eigenvalue weighted by atomic mass is 35.5. The van der Waals surface area contributed by atoms with E-state index >= 15 is 0 Å². The Morgan fingerprint density at radius 2 is 1.57 bits per heavy atom. The van der Waals surface area contributed by atoms with Gasteiger partial charge in [-0.15, -0.1) is 0 Å². The van der Waals surface area contributed by atoms with Crippen molar-refractivity contribution in [1.82, 2.24) is 0 Å². The predicted octanol–water partition coefficient (Wildman–Crippen LogP) is 3.91. The van der Waals surface area contributed by atoms with Gasteiger partial charge in [0.1, 0.15) is 0 Å². The second-order valence-electron chi connectivity index (χ2n) is 4.34. The number of hydrogen-bond donors (Lipinski definition) is 2. The number of carboxylic acid groups (broad SMARTS) is 2. The first kappa shape index (κ1) is 15.4. The molecule has 0 aromatic heterocycles. The maximum atomic E-state index is 11.1. The van der Waals surface area contributed by atoms with Crippen LogP contribution in [0.1, 0.15) is 11.5 Å². The van der Waals surface area contributed by atoms with Crippen LogP contribution in [0.2, 0.25) is 10.0 Å². The summed E-state index contributed by atoms with van der Waals surface area (Å²) < 4.78 is 0. The lowest BCUT2D eigenvalue weighted by atomic mass is 9.95. The third kappa shape index (κ3) is 3.17. The van der Waals surface area contributed by atoms with E-state index in [1.54, 1.807) is 30.3 Å². The van der Waals surface area contributed by atoms with Crippen LogP contribution < -0.4 is 0 Å². The summed E-state index contributed by atoms with van der Waals surface area (Å²) in [7, 11) is 0. The zero-order valence-corrected chi connectivity index (χ0v) is 12.1. The molecule has 0 fully saturated rings. The van der Waals surface area contributed by atoms with Gasteiger partial charge in [-0.2, -0.15) is 0 Å². The van der Waals surface area contributed by atoms with Gasteiger partial charge < -0.3 is 10.2 Å². The molecule has 0 amide bonds. The molecule has 0 saturated carbocycles. The molecule has 21 heavy (non-hydrogen) atoms. The number of rotatable bonds is 4. The minimum Gasteiger partial charge on any atom is -0.480 e. The van der Waals surface area contributed by atoms with E-state index in [1.165, 1.54) is 12.1 Å². The normalized spacial score (nSPS) is 10.6. The van der Waals surface area contributed by atoms with Crippen molar-refractivity contribution < 1.29 is 19.8 Å².